The number of aliphatic hydroxyl groups is 1. The molecule has 1 aromatic rings. The maximum absolute atomic E-state index is 12.7. The molecule has 0 aliphatic carbocycles. The van der Waals surface area contributed by atoms with Crippen molar-refractivity contribution in [3.8, 4) is 0 Å². The van der Waals surface area contributed by atoms with Crippen LogP contribution in [0.3, 0.4) is 0 Å². The quantitative estimate of drug-likeness (QED) is 0.342. The molecular weight excluding hydrogens is 386 g/mol. The number of nitrogens with one attached hydrogen (secondary N) is 2. The molecule has 8 heteroatoms. The Bertz CT molecular complexity index is 695. The lowest BCUT2D eigenvalue weighted by Crippen LogP contribution is -2.55. The van der Waals surface area contributed by atoms with Gasteiger partial charge in [-0.1, -0.05) is 64.4 Å². The lowest BCUT2D eigenvalue weighted by atomic mass is 9.96. The molecule has 0 aliphatic heterocycles. The van der Waals surface area contributed by atoms with E-state index in [-0.39, 0.29) is 18.3 Å². The fraction of sp³-hybridized carbons (Fsp3) is 0.591. The van der Waals surface area contributed by atoms with Gasteiger partial charge in [0.05, 0.1) is 12.5 Å². The van der Waals surface area contributed by atoms with Crippen molar-refractivity contribution in [3.63, 3.8) is 0 Å². The minimum atomic E-state index is -1.13. The van der Waals surface area contributed by atoms with E-state index in [1.165, 1.54) is 0 Å². The molecule has 0 heterocycles. The Morgan fingerprint density at radius 2 is 1.63 bits per heavy atom. The maximum Gasteiger partial charge on any atom is 0.326 e. The highest BCUT2D eigenvalue weighted by Gasteiger charge is 2.31. The van der Waals surface area contributed by atoms with Crippen LogP contribution >= 0.6 is 0 Å². The predicted octanol–water partition coefficient (Wildman–Crippen LogP) is 1.06. The van der Waals surface area contributed by atoms with Crippen LogP contribution in [0, 0.1) is 11.8 Å². The van der Waals surface area contributed by atoms with Gasteiger partial charge in [-0.3, -0.25) is 9.59 Å². The van der Waals surface area contributed by atoms with Crippen molar-refractivity contribution in [2.45, 2.75) is 71.2 Å². The average molecular weight is 422 g/mol. The summed E-state index contributed by atoms with van der Waals surface area (Å²) in [7, 11) is 0. The standard InChI is InChI=1S/C22H35N3O5/c1-5-14(4)20(21(28)25-19(13(2)3)22(29)30)24-18(27)12-17(26)16(23)11-15-9-7-6-8-10-15/h6-10,13-14,16-17,19-20,26H,5,11-12,23H2,1-4H3,(H,24,27)(H,25,28)(H,29,30)/t14-,16?,17?,19-,20-/m0/s1. The van der Waals surface area contributed by atoms with Crippen molar-refractivity contribution >= 4 is 17.8 Å². The van der Waals surface area contributed by atoms with Crippen molar-refractivity contribution in [2.75, 3.05) is 0 Å². The molecule has 1 rings (SSSR count). The maximum atomic E-state index is 12.7. The van der Waals surface area contributed by atoms with Gasteiger partial charge in [-0.15, -0.1) is 0 Å². The molecule has 2 amide bonds. The second-order valence-corrected chi connectivity index (χ2v) is 8.12. The van der Waals surface area contributed by atoms with Crippen LogP contribution in [0.15, 0.2) is 30.3 Å². The Hall–Kier alpha value is -2.45. The van der Waals surface area contributed by atoms with Gasteiger partial charge in [-0.25, -0.2) is 4.79 Å². The molecule has 0 aliphatic rings. The zero-order chi connectivity index (χ0) is 22.8. The minimum Gasteiger partial charge on any atom is -0.480 e. The lowest BCUT2D eigenvalue weighted by molar-refractivity contribution is -0.143. The van der Waals surface area contributed by atoms with E-state index < -0.39 is 42.0 Å². The van der Waals surface area contributed by atoms with E-state index >= 15 is 0 Å². The number of carboxylic acid groups (broad SMARTS) is 1. The molecule has 6 N–H and O–H groups in total. The number of nitrogens with two attached hydrogens (primary N) is 1. The summed E-state index contributed by atoms with van der Waals surface area (Å²) in [5, 5.41) is 24.8. The zero-order valence-corrected chi connectivity index (χ0v) is 18.2. The Labute approximate surface area is 178 Å². The summed E-state index contributed by atoms with van der Waals surface area (Å²) in [5.74, 6) is -2.72. The van der Waals surface area contributed by atoms with Crippen molar-refractivity contribution < 1.29 is 24.6 Å². The average Bonchev–Trinajstić information content (AvgIpc) is 2.69. The summed E-state index contributed by atoms with van der Waals surface area (Å²) in [4.78, 5) is 36.5. The highest BCUT2D eigenvalue weighted by molar-refractivity contribution is 5.90. The Balaban J connectivity index is 2.73. The second-order valence-electron chi connectivity index (χ2n) is 8.12. The van der Waals surface area contributed by atoms with Crippen LogP contribution < -0.4 is 16.4 Å². The summed E-state index contributed by atoms with van der Waals surface area (Å²) < 4.78 is 0. The molecule has 1 aromatic carbocycles. The number of carbonyl (C=O) groups is 3. The van der Waals surface area contributed by atoms with Gasteiger partial charge in [-0.05, 0) is 23.8 Å². The van der Waals surface area contributed by atoms with Crippen LogP contribution in [-0.2, 0) is 20.8 Å². The van der Waals surface area contributed by atoms with Crippen LogP contribution in [-0.4, -0.2) is 52.2 Å². The van der Waals surface area contributed by atoms with Gasteiger partial charge in [-0.2, -0.15) is 0 Å². The topological polar surface area (TPSA) is 142 Å². The molecule has 0 radical (unpaired) electrons. The first kappa shape index (κ1) is 25.6. The van der Waals surface area contributed by atoms with Gasteiger partial charge in [0, 0.05) is 6.04 Å². The van der Waals surface area contributed by atoms with Gasteiger partial charge < -0.3 is 26.6 Å². The summed E-state index contributed by atoms with van der Waals surface area (Å²) >= 11 is 0. The summed E-state index contributed by atoms with van der Waals surface area (Å²) in [6.45, 7) is 7.06. The molecule has 5 atom stereocenters. The number of aliphatic carboxylic acids is 1. The number of aliphatic hydroxyl groups excluding tert-OH is 1. The number of carbonyl (C=O) groups excluding carboxylic acids is 2. The third kappa shape index (κ3) is 8.12. The fourth-order valence-electron chi connectivity index (χ4n) is 3.05. The van der Waals surface area contributed by atoms with Gasteiger partial charge in [0.2, 0.25) is 11.8 Å². The van der Waals surface area contributed by atoms with Crippen LogP contribution in [0.5, 0.6) is 0 Å². The third-order valence-corrected chi connectivity index (χ3v) is 5.25. The third-order valence-electron chi connectivity index (χ3n) is 5.25. The fourth-order valence-corrected chi connectivity index (χ4v) is 3.05. The highest BCUT2D eigenvalue weighted by atomic mass is 16.4. The van der Waals surface area contributed by atoms with E-state index in [0.29, 0.717) is 12.8 Å². The van der Waals surface area contributed by atoms with E-state index in [9.17, 15) is 24.6 Å². The Morgan fingerprint density at radius 1 is 1.03 bits per heavy atom. The molecule has 2 unspecified atom stereocenters. The van der Waals surface area contributed by atoms with Crippen molar-refractivity contribution in [1.82, 2.24) is 10.6 Å². The Kier molecular flexibility index (Phi) is 10.5. The molecule has 0 bridgehead atoms. The highest BCUT2D eigenvalue weighted by Crippen LogP contribution is 2.12. The van der Waals surface area contributed by atoms with Crippen molar-refractivity contribution in [1.29, 1.82) is 0 Å². The molecule has 0 saturated carbocycles. The van der Waals surface area contributed by atoms with Crippen molar-refractivity contribution in [3.05, 3.63) is 35.9 Å². The number of hydrogen-bond donors (Lipinski definition) is 5. The largest absolute Gasteiger partial charge is 0.480 e. The van der Waals surface area contributed by atoms with Gasteiger partial charge >= 0.3 is 5.97 Å². The normalized spacial score (nSPS) is 16.2. The Morgan fingerprint density at radius 3 is 2.13 bits per heavy atom. The predicted molar refractivity (Wildman–Crippen MR) is 115 cm³/mol. The number of benzene rings is 1. The minimum absolute atomic E-state index is 0.217. The molecule has 0 fully saturated rings. The smallest absolute Gasteiger partial charge is 0.326 e. The number of amides is 2. The van der Waals surface area contributed by atoms with E-state index in [0.717, 1.165) is 5.56 Å². The molecule has 0 spiro atoms. The zero-order valence-electron chi connectivity index (χ0n) is 18.2. The van der Waals surface area contributed by atoms with E-state index in [1.807, 2.05) is 37.3 Å². The van der Waals surface area contributed by atoms with Crippen LogP contribution in [0.1, 0.15) is 46.1 Å². The molecule has 0 aromatic heterocycles. The molecule has 8 nitrogen and oxygen atoms in total. The van der Waals surface area contributed by atoms with Crippen LogP contribution in [0.2, 0.25) is 0 Å². The summed E-state index contributed by atoms with van der Waals surface area (Å²) in [5.41, 5.74) is 6.99. The first-order valence-electron chi connectivity index (χ1n) is 10.4. The summed E-state index contributed by atoms with van der Waals surface area (Å²) in [6, 6.07) is 6.83. The lowest BCUT2D eigenvalue weighted by Gasteiger charge is -2.27. The van der Waals surface area contributed by atoms with E-state index in [2.05, 4.69) is 10.6 Å². The van der Waals surface area contributed by atoms with E-state index in [4.69, 9.17) is 5.73 Å². The van der Waals surface area contributed by atoms with Gasteiger partial charge in [0.15, 0.2) is 0 Å². The van der Waals surface area contributed by atoms with Crippen LogP contribution in [0.4, 0.5) is 0 Å². The molecule has 168 valence electrons. The monoisotopic (exact) mass is 421 g/mol. The number of hydrogen-bond acceptors (Lipinski definition) is 5. The molecule has 30 heavy (non-hydrogen) atoms. The second kappa shape index (κ2) is 12.3. The first-order chi connectivity index (χ1) is 14.1. The number of carboxylic acids is 1. The van der Waals surface area contributed by atoms with Crippen molar-refractivity contribution in [2.24, 2.45) is 17.6 Å². The summed E-state index contributed by atoms with van der Waals surface area (Å²) in [6.07, 6.45) is -0.304. The van der Waals surface area contributed by atoms with Gasteiger partial charge in [0.25, 0.3) is 0 Å². The van der Waals surface area contributed by atoms with Crippen LogP contribution in [0.25, 0.3) is 0 Å². The SMILES string of the molecule is CC[C@H](C)[C@H](NC(=O)CC(O)C(N)Cc1ccccc1)C(=O)N[C@H](C(=O)O)C(C)C. The first-order valence-corrected chi connectivity index (χ1v) is 10.4. The van der Waals surface area contributed by atoms with E-state index in [1.54, 1.807) is 20.8 Å². The van der Waals surface area contributed by atoms with Gasteiger partial charge in [0.1, 0.15) is 12.1 Å². The molecule has 0 saturated heterocycles. The number of rotatable bonds is 12. The molecular formula is C22H35N3O5.